The molecule has 0 atom stereocenters. The smallest absolute Gasteiger partial charge is 0.180 e. The second kappa shape index (κ2) is 7.51. The Morgan fingerprint density at radius 3 is 2.44 bits per heavy atom. The second-order valence-electron chi connectivity index (χ2n) is 7.06. The lowest BCUT2D eigenvalue weighted by molar-refractivity contribution is 0.170. The van der Waals surface area contributed by atoms with Crippen LogP contribution in [0.25, 0.3) is 0 Å². The summed E-state index contributed by atoms with van der Waals surface area (Å²) in [6, 6.07) is 20.8. The summed E-state index contributed by atoms with van der Waals surface area (Å²) in [6.07, 6.45) is 1.99. The van der Waals surface area contributed by atoms with Crippen molar-refractivity contribution in [3.8, 4) is 6.07 Å². The van der Waals surface area contributed by atoms with Crippen LogP contribution in [0.5, 0.6) is 0 Å². The van der Waals surface area contributed by atoms with E-state index < -0.39 is 0 Å². The number of thiazole rings is 1. The number of nitrogens with two attached hydrogens (primary N) is 1. The van der Waals surface area contributed by atoms with Crippen LogP contribution in [-0.2, 0) is 12.0 Å². The predicted molar refractivity (Wildman–Crippen MR) is 109 cm³/mol. The molecule has 27 heavy (non-hydrogen) atoms. The van der Waals surface area contributed by atoms with Gasteiger partial charge in [0.25, 0.3) is 0 Å². The van der Waals surface area contributed by atoms with E-state index in [1.165, 1.54) is 16.9 Å². The highest BCUT2D eigenvalue weighted by Gasteiger charge is 2.39. The molecule has 0 unspecified atom stereocenters. The Labute approximate surface area is 163 Å². The van der Waals surface area contributed by atoms with Crippen molar-refractivity contribution >= 4 is 16.5 Å². The first-order valence-electron chi connectivity index (χ1n) is 9.19. The first kappa shape index (κ1) is 17.7. The fourth-order valence-electron chi connectivity index (χ4n) is 4.06. The normalized spacial score (nSPS) is 16.7. The van der Waals surface area contributed by atoms with Crippen LogP contribution in [0.2, 0.25) is 0 Å². The van der Waals surface area contributed by atoms with E-state index in [-0.39, 0.29) is 5.41 Å². The topological polar surface area (TPSA) is 65.9 Å². The fourth-order valence-corrected chi connectivity index (χ4v) is 4.72. The van der Waals surface area contributed by atoms with Crippen LogP contribution in [0, 0.1) is 11.3 Å². The van der Waals surface area contributed by atoms with Gasteiger partial charge in [0, 0.05) is 17.3 Å². The number of hydrogen-bond donors (Lipinski definition) is 1. The van der Waals surface area contributed by atoms with Gasteiger partial charge in [0.1, 0.15) is 0 Å². The van der Waals surface area contributed by atoms with E-state index >= 15 is 0 Å². The monoisotopic (exact) mass is 374 g/mol. The fraction of sp³-hybridized carbons (Fsp3) is 0.273. The molecule has 3 aromatic rings. The van der Waals surface area contributed by atoms with Gasteiger partial charge in [0.05, 0.1) is 17.3 Å². The van der Waals surface area contributed by atoms with Crippen molar-refractivity contribution in [1.82, 2.24) is 9.88 Å². The van der Waals surface area contributed by atoms with E-state index in [2.05, 4.69) is 57.7 Å². The zero-order chi connectivity index (χ0) is 18.7. The molecule has 0 radical (unpaired) electrons. The van der Waals surface area contributed by atoms with Gasteiger partial charge >= 0.3 is 0 Å². The highest BCUT2D eigenvalue weighted by molar-refractivity contribution is 7.13. The molecule has 1 aliphatic heterocycles. The van der Waals surface area contributed by atoms with Gasteiger partial charge in [-0.1, -0.05) is 48.5 Å². The van der Waals surface area contributed by atoms with Gasteiger partial charge in [-0.3, -0.25) is 4.90 Å². The molecule has 0 spiro atoms. The molecule has 0 amide bonds. The van der Waals surface area contributed by atoms with Crippen LogP contribution >= 0.6 is 11.3 Å². The molecule has 5 heteroatoms. The molecule has 0 saturated carbocycles. The highest BCUT2D eigenvalue weighted by atomic mass is 32.1. The van der Waals surface area contributed by atoms with Gasteiger partial charge in [0.15, 0.2) is 5.13 Å². The van der Waals surface area contributed by atoms with Crippen LogP contribution in [0.4, 0.5) is 5.13 Å². The summed E-state index contributed by atoms with van der Waals surface area (Å²) >= 11 is 1.52. The number of anilines is 1. The van der Waals surface area contributed by atoms with Crippen LogP contribution in [0.3, 0.4) is 0 Å². The number of nitriles is 1. The Morgan fingerprint density at radius 1 is 1.07 bits per heavy atom. The van der Waals surface area contributed by atoms with Crippen molar-refractivity contribution in [3.63, 3.8) is 0 Å². The molecule has 2 aromatic carbocycles. The number of piperidine rings is 1. The van der Waals surface area contributed by atoms with Crippen molar-refractivity contribution in [2.75, 3.05) is 18.8 Å². The van der Waals surface area contributed by atoms with Gasteiger partial charge < -0.3 is 5.73 Å². The van der Waals surface area contributed by atoms with Crippen molar-refractivity contribution < 1.29 is 0 Å². The molecule has 2 heterocycles. The maximum Gasteiger partial charge on any atom is 0.180 e. The average molecular weight is 375 g/mol. The van der Waals surface area contributed by atoms with Crippen LogP contribution in [0.1, 0.15) is 35.2 Å². The molecular weight excluding hydrogens is 352 g/mol. The zero-order valence-corrected chi connectivity index (χ0v) is 16.0. The number of aromatic nitrogens is 1. The molecule has 136 valence electrons. The van der Waals surface area contributed by atoms with Crippen molar-refractivity contribution in [2.24, 2.45) is 0 Å². The number of nitrogens with zero attached hydrogens (tertiary/aromatic N) is 3. The maximum atomic E-state index is 9.34. The van der Waals surface area contributed by atoms with Gasteiger partial charge in [-0.05, 0) is 43.1 Å². The summed E-state index contributed by atoms with van der Waals surface area (Å²) in [5, 5.41) is 12.1. The molecule has 4 rings (SSSR count). The van der Waals surface area contributed by atoms with E-state index in [1.807, 2.05) is 18.2 Å². The third kappa shape index (κ3) is 3.46. The molecule has 0 bridgehead atoms. The summed E-state index contributed by atoms with van der Waals surface area (Å²) in [5.41, 5.74) is 10.1. The van der Waals surface area contributed by atoms with Crippen LogP contribution in [0.15, 0.2) is 60.0 Å². The SMILES string of the molecule is N#Cc1ccccc1CN1CCC(c2ccccc2)(c2csc(N)n2)CC1. The maximum absolute atomic E-state index is 9.34. The third-order valence-corrected chi connectivity index (χ3v) is 6.25. The minimum Gasteiger partial charge on any atom is -0.375 e. The van der Waals surface area contributed by atoms with Crippen molar-refractivity contribution in [3.05, 3.63) is 82.4 Å². The number of nitrogen functional groups attached to an aromatic ring is 1. The average Bonchev–Trinajstić information content (AvgIpc) is 3.17. The molecular formula is C22H22N4S. The molecule has 4 nitrogen and oxygen atoms in total. The summed E-state index contributed by atoms with van der Waals surface area (Å²) in [5.74, 6) is 0. The van der Waals surface area contributed by atoms with E-state index in [9.17, 15) is 5.26 Å². The van der Waals surface area contributed by atoms with Crippen molar-refractivity contribution in [1.29, 1.82) is 5.26 Å². The third-order valence-electron chi connectivity index (χ3n) is 5.58. The lowest BCUT2D eigenvalue weighted by atomic mass is 9.70. The minimum absolute atomic E-state index is 0.0827. The molecule has 1 fully saturated rings. The lowest BCUT2D eigenvalue weighted by Gasteiger charge is -2.41. The van der Waals surface area contributed by atoms with Crippen LogP contribution in [-0.4, -0.2) is 23.0 Å². The number of hydrogen-bond acceptors (Lipinski definition) is 5. The van der Waals surface area contributed by atoms with E-state index in [1.54, 1.807) is 0 Å². The summed E-state index contributed by atoms with van der Waals surface area (Å²) in [6.45, 7) is 2.74. The quantitative estimate of drug-likeness (QED) is 0.744. The Kier molecular flexibility index (Phi) is 4.93. The van der Waals surface area contributed by atoms with Gasteiger partial charge in [0.2, 0.25) is 0 Å². The Hall–Kier alpha value is -2.68. The predicted octanol–water partition coefficient (Wildman–Crippen LogP) is 4.18. The highest BCUT2D eigenvalue weighted by Crippen LogP contribution is 2.42. The largest absolute Gasteiger partial charge is 0.375 e. The first-order valence-corrected chi connectivity index (χ1v) is 10.1. The summed E-state index contributed by atoms with van der Waals surface area (Å²) in [7, 11) is 0. The Balaban J connectivity index is 1.58. The van der Waals surface area contributed by atoms with E-state index in [4.69, 9.17) is 5.73 Å². The minimum atomic E-state index is -0.0827. The number of rotatable bonds is 4. The van der Waals surface area contributed by atoms with E-state index in [0.717, 1.165) is 49.3 Å². The van der Waals surface area contributed by atoms with E-state index in [0.29, 0.717) is 5.13 Å². The standard InChI is InChI=1S/C22H22N4S/c23-14-17-6-4-5-7-18(17)15-26-12-10-22(11-13-26,19-8-2-1-3-9-19)20-16-27-21(24)25-20/h1-9,16H,10-13,15H2,(H2,24,25). The van der Waals surface area contributed by atoms with Crippen molar-refractivity contribution in [2.45, 2.75) is 24.8 Å². The Bertz CT molecular complexity index is 950. The lowest BCUT2D eigenvalue weighted by Crippen LogP contribution is -2.43. The number of likely N-dealkylation sites (tertiary alicyclic amines) is 1. The summed E-state index contributed by atoms with van der Waals surface area (Å²) in [4.78, 5) is 7.09. The summed E-state index contributed by atoms with van der Waals surface area (Å²) < 4.78 is 0. The molecule has 1 aromatic heterocycles. The van der Waals surface area contributed by atoms with Crippen LogP contribution < -0.4 is 5.73 Å². The molecule has 0 aliphatic carbocycles. The first-order chi connectivity index (χ1) is 13.2. The second-order valence-corrected chi connectivity index (χ2v) is 7.95. The molecule has 1 saturated heterocycles. The molecule has 2 N–H and O–H groups in total. The number of benzene rings is 2. The molecule has 1 aliphatic rings. The zero-order valence-electron chi connectivity index (χ0n) is 15.1. The van der Waals surface area contributed by atoms with Gasteiger partial charge in [-0.25, -0.2) is 4.98 Å². The van der Waals surface area contributed by atoms with Gasteiger partial charge in [-0.15, -0.1) is 11.3 Å². The van der Waals surface area contributed by atoms with Gasteiger partial charge in [-0.2, -0.15) is 5.26 Å². The Morgan fingerprint density at radius 2 is 1.78 bits per heavy atom.